The molecule has 2 aliphatic heterocycles. The van der Waals surface area contributed by atoms with Gasteiger partial charge in [0.05, 0.1) is 18.6 Å². The molecule has 2 aromatic heterocycles. The first-order valence-electron chi connectivity index (χ1n) is 7.93. The van der Waals surface area contributed by atoms with Gasteiger partial charge in [-0.25, -0.2) is 4.68 Å². The molecular weight excluding hydrogens is 316 g/mol. The molecule has 0 unspecified atom stereocenters. The van der Waals surface area contributed by atoms with Gasteiger partial charge < -0.3 is 9.64 Å². The Kier molecular flexibility index (Phi) is 3.86. The Morgan fingerprint density at radius 2 is 2.13 bits per heavy atom. The quantitative estimate of drug-likeness (QED) is 0.820. The van der Waals surface area contributed by atoms with Crippen LogP contribution >= 0.6 is 11.3 Å². The van der Waals surface area contributed by atoms with E-state index < -0.39 is 0 Å². The highest BCUT2D eigenvalue weighted by Crippen LogP contribution is 2.24. The van der Waals surface area contributed by atoms with Crippen LogP contribution in [0.25, 0.3) is 10.2 Å². The summed E-state index contributed by atoms with van der Waals surface area (Å²) in [5.41, 5.74) is 0.587. The first kappa shape index (κ1) is 14.8. The van der Waals surface area contributed by atoms with Crippen LogP contribution < -0.4 is 5.56 Å². The number of carbonyl (C=O) groups excluding carboxylic acids is 1. The van der Waals surface area contributed by atoms with Crippen molar-refractivity contribution in [3.05, 3.63) is 21.8 Å². The molecule has 0 aliphatic carbocycles. The minimum atomic E-state index is -0.0704. The smallest absolute Gasteiger partial charge is 0.287 e. The van der Waals surface area contributed by atoms with E-state index in [0.717, 1.165) is 19.3 Å². The molecule has 4 heterocycles. The molecule has 2 fully saturated rings. The van der Waals surface area contributed by atoms with Crippen molar-refractivity contribution in [3.8, 4) is 0 Å². The highest BCUT2D eigenvalue weighted by molar-refractivity contribution is 7.17. The van der Waals surface area contributed by atoms with Crippen molar-refractivity contribution in [1.82, 2.24) is 19.9 Å². The third-order valence-electron chi connectivity index (χ3n) is 4.70. The number of carbonyl (C=O) groups is 1. The lowest BCUT2D eigenvalue weighted by Gasteiger charge is -2.33. The summed E-state index contributed by atoms with van der Waals surface area (Å²) >= 11 is 1.40. The first-order chi connectivity index (χ1) is 11.2. The lowest BCUT2D eigenvalue weighted by atomic mass is 10.0. The summed E-state index contributed by atoms with van der Waals surface area (Å²) in [6.45, 7) is 2.55. The minimum absolute atomic E-state index is 0.0107. The number of piperidine rings is 1. The van der Waals surface area contributed by atoms with Gasteiger partial charge >= 0.3 is 0 Å². The highest BCUT2D eigenvalue weighted by Gasteiger charge is 2.31. The Hall–Kier alpha value is -1.80. The van der Waals surface area contributed by atoms with Crippen LogP contribution in [-0.4, -0.2) is 52.1 Å². The molecule has 0 N–H and O–H groups in total. The van der Waals surface area contributed by atoms with Gasteiger partial charge in [-0.15, -0.1) is 16.4 Å². The van der Waals surface area contributed by atoms with Crippen molar-refractivity contribution in [1.29, 1.82) is 0 Å². The number of rotatable bonds is 2. The molecule has 7 nitrogen and oxygen atoms in total. The van der Waals surface area contributed by atoms with Crippen molar-refractivity contribution in [2.24, 2.45) is 5.92 Å². The summed E-state index contributed by atoms with van der Waals surface area (Å²) in [5, 5.41) is 10.1. The monoisotopic (exact) mass is 334 g/mol. The molecule has 0 spiro atoms. The molecule has 2 aliphatic rings. The van der Waals surface area contributed by atoms with E-state index in [1.807, 2.05) is 16.3 Å². The van der Waals surface area contributed by atoms with Crippen molar-refractivity contribution in [2.75, 3.05) is 26.3 Å². The van der Waals surface area contributed by atoms with E-state index in [1.54, 1.807) is 0 Å². The molecule has 8 heteroatoms. The van der Waals surface area contributed by atoms with Gasteiger partial charge in [0.1, 0.15) is 10.2 Å². The third-order valence-corrected chi connectivity index (χ3v) is 5.59. The number of ether oxygens (including phenoxy) is 1. The van der Waals surface area contributed by atoms with E-state index in [-0.39, 0.29) is 23.4 Å². The van der Waals surface area contributed by atoms with Crippen LogP contribution in [0.1, 0.15) is 25.3 Å². The van der Waals surface area contributed by atoms with Gasteiger partial charge in [-0.3, -0.25) is 9.59 Å². The summed E-state index contributed by atoms with van der Waals surface area (Å²) in [7, 11) is 0. The Morgan fingerprint density at radius 1 is 1.30 bits per heavy atom. The number of nitrogens with zero attached hydrogens (tertiary/aromatic N) is 4. The van der Waals surface area contributed by atoms with Crippen LogP contribution in [0.5, 0.6) is 0 Å². The summed E-state index contributed by atoms with van der Waals surface area (Å²) in [6.07, 6.45) is 2.30. The van der Waals surface area contributed by atoms with Gasteiger partial charge in [-0.2, -0.15) is 0 Å². The maximum Gasteiger partial charge on any atom is 0.287 e. The molecule has 0 aromatic carbocycles. The summed E-state index contributed by atoms with van der Waals surface area (Å²) in [6, 6.07) is 1.83. The fraction of sp³-hybridized carbons (Fsp3) is 0.600. The first-order valence-corrected chi connectivity index (χ1v) is 8.81. The van der Waals surface area contributed by atoms with Crippen molar-refractivity contribution >= 4 is 27.5 Å². The van der Waals surface area contributed by atoms with E-state index in [9.17, 15) is 9.59 Å². The lowest BCUT2D eigenvalue weighted by molar-refractivity contribution is -0.136. The van der Waals surface area contributed by atoms with E-state index >= 15 is 0 Å². The molecule has 0 saturated carbocycles. The number of likely N-dealkylation sites (tertiary alicyclic amines) is 1. The third kappa shape index (κ3) is 2.66. The molecule has 2 saturated heterocycles. The largest absolute Gasteiger partial charge is 0.381 e. The number of aromatic nitrogens is 3. The van der Waals surface area contributed by atoms with Crippen LogP contribution in [0.15, 0.2) is 16.2 Å². The Bertz CT molecular complexity index is 772. The van der Waals surface area contributed by atoms with Gasteiger partial charge in [0.2, 0.25) is 5.91 Å². The van der Waals surface area contributed by atoms with Gasteiger partial charge in [-0.1, -0.05) is 5.21 Å². The van der Waals surface area contributed by atoms with E-state index in [0.29, 0.717) is 36.5 Å². The maximum atomic E-state index is 12.5. The van der Waals surface area contributed by atoms with Gasteiger partial charge in [0.15, 0.2) is 0 Å². The van der Waals surface area contributed by atoms with Crippen molar-refractivity contribution < 1.29 is 9.53 Å². The summed E-state index contributed by atoms with van der Waals surface area (Å²) in [4.78, 5) is 26.8. The second-order valence-corrected chi connectivity index (χ2v) is 7.01. The average molecular weight is 334 g/mol. The van der Waals surface area contributed by atoms with E-state index in [2.05, 4.69) is 10.3 Å². The normalized spacial score (nSPS) is 22.8. The second kappa shape index (κ2) is 6.01. The molecule has 1 amide bonds. The average Bonchev–Trinajstić information content (AvgIpc) is 3.27. The standard InChI is InChI=1S/C15H18N4O3S/c20-14(10-3-7-22-9-10)18-5-1-11(2-6-18)19-15(21)13-12(16-17-19)4-8-23-13/h4,8,10-11H,1-3,5-7,9H2/t10-/m1/s1. The Balaban J connectivity index is 1.47. The van der Waals surface area contributed by atoms with Crippen LogP contribution in [0.3, 0.4) is 0 Å². The molecular formula is C15H18N4O3S. The fourth-order valence-electron chi connectivity index (χ4n) is 3.34. The van der Waals surface area contributed by atoms with Crippen LogP contribution in [-0.2, 0) is 9.53 Å². The topological polar surface area (TPSA) is 77.3 Å². The number of thiophene rings is 1. The summed E-state index contributed by atoms with van der Waals surface area (Å²) in [5.74, 6) is 0.199. The number of amides is 1. The highest BCUT2D eigenvalue weighted by atomic mass is 32.1. The zero-order chi connectivity index (χ0) is 15.8. The van der Waals surface area contributed by atoms with Gasteiger partial charge in [0, 0.05) is 19.7 Å². The molecule has 4 rings (SSSR count). The second-order valence-electron chi connectivity index (χ2n) is 6.09. The number of fused-ring (bicyclic) bond motifs is 1. The van der Waals surface area contributed by atoms with Crippen LogP contribution in [0, 0.1) is 5.92 Å². The molecule has 0 bridgehead atoms. The van der Waals surface area contributed by atoms with Crippen LogP contribution in [0.2, 0.25) is 0 Å². The Morgan fingerprint density at radius 3 is 2.87 bits per heavy atom. The maximum absolute atomic E-state index is 12.5. The van der Waals surface area contributed by atoms with Crippen LogP contribution in [0.4, 0.5) is 0 Å². The van der Waals surface area contributed by atoms with Crippen molar-refractivity contribution in [3.63, 3.8) is 0 Å². The lowest BCUT2D eigenvalue weighted by Crippen LogP contribution is -2.44. The number of hydrogen-bond acceptors (Lipinski definition) is 6. The zero-order valence-electron chi connectivity index (χ0n) is 12.7. The fourth-order valence-corrected chi connectivity index (χ4v) is 4.10. The zero-order valence-corrected chi connectivity index (χ0v) is 13.5. The minimum Gasteiger partial charge on any atom is -0.381 e. The van der Waals surface area contributed by atoms with Gasteiger partial charge in [-0.05, 0) is 30.7 Å². The van der Waals surface area contributed by atoms with Crippen molar-refractivity contribution in [2.45, 2.75) is 25.3 Å². The number of hydrogen-bond donors (Lipinski definition) is 0. The predicted molar refractivity (Wildman–Crippen MR) is 85.5 cm³/mol. The predicted octanol–water partition coefficient (Wildman–Crippen LogP) is 1.05. The molecule has 122 valence electrons. The van der Waals surface area contributed by atoms with E-state index in [1.165, 1.54) is 16.0 Å². The van der Waals surface area contributed by atoms with E-state index in [4.69, 9.17) is 4.74 Å². The summed E-state index contributed by atoms with van der Waals surface area (Å²) < 4.78 is 7.45. The SMILES string of the molecule is O=C([C@@H]1CCOC1)N1CCC(n2nnc3ccsc3c2=O)CC1. The molecule has 0 radical (unpaired) electrons. The van der Waals surface area contributed by atoms with Gasteiger partial charge in [0.25, 0.3) is 5.56 Å². The molecule has 1 atom stereocenters. The molecule has 23 heavy (non-hydrogen) atoms. The Labute approximate surface area is 136 Å². The molecule has 2 aromatic rings.